The molecule has 1 atom stereocenters. The van der Waals surface area contributed by atoms with Gasteiger partial charge in [0.2, 0.25) is 0 Å². The molecular formula is C16H18ClN3O. The van der Waals surface area contributed by atoms with Crippen LogP contribution in [-0.4, -0.2) is 9.78 Å². The first kappa shape index (κ1) is 15.3. The maximum absolute atomic E-state index is 12.0. The van der Waals surface area contributed by atoms with Crippen LogP contribution >= 0.6 is 11.6 Å². The Kier molecular flexibility index (Phi) is 4.81. The van der Waals surface area contributed by atoms with Gasteiger partial charge in [-0.3, -0.25) is 4.79 Å². The van der Waals surface area contributed by atoms with Gasteiger partial charge in [-0.05, 0) is 19.4 Å². The molecule has 0 aliphatic rings. The van der Waals surface area contributed by atoms with Gasteiger partial charge in [-0.15, -0.1) is 6.58 Å². The lowest BCUT2D eigenvalue weighted by Crippen LogP contribution is -2.24. The summed E-state index contributed by atoms with van der Waals surface area (Å²) < 4.78 is 1.27. The van der Waals surface area contributed by atoms with Crippen LogP contribution in [0.4, 0.5) is 5.69 Å². The van der Waals surface area contributed by atoms with Gasteiger partial charge >= 0.3 is 0 Å². The predicted octanol–water partition coefficient (Wildman–Crippen LogP) is 3.56. The van der Waals surface area contributed by atoms with Gasteiger partial charge in [-0.25, -0.2) is 4.68 Å². The van der Waals surface area contributed by atoms with E-state index in [1.807, 2.05) is 26.0 Å². The van der Waals surface area contributed by atoms with Crippen molar-refractivity contribution in [3.8, 4) is 0 Å². The van der Waals surface area contributed by atoms with Crippen molar-refractivity contribution in [3.05, 3.63) is 69.6 Å². The quantitative estimate of drug-likeness (QED) is 0.859. The highest BCUT2D eigenvalue weighted by molar-refractivity contribution is 6.32. The lowest BCUT2D eigenvalue weighted by atomic mass is 10.1. The maximum atomic E-state index is 12.0. The lowest BCUT2D eigenvalue weighted by Gasteiger charge is -2.17. The van der Waals surface area contributed by atoms with Crippen LogP contribution in [0.3, 0.4) is 0 Å². The monoisotopic (exact) mass is 303 g/mol. The molecule has 0 saturated carbocycles. The largest absolute Gasteiger partial charge is 0.376 e. The lowest BCUT2D eigenvalue weighted by molar-refractivity contribution is 0.652. The molecule has 1 unspecified atom stereocenters. The Morgan fingerprint density at radius 1 is 1.43 bits per heavy atom. The molecule has 110 valence electrons. The van der Waals surface area contributed by atoms with E-state index in [0.717, 1.165) is 5.56 Å². The van der Waals surface area contributed by atoms with Crippen molar-refractivity contribution in [1.29, 1.82) is 0 Å². The van der Waals surface area contributed by atoms with Crippen LogP contribution in [0.2, 0.25) is 5.02 Å². The minimum absolute atomic E-state index is 0.0274. The van der Waals surface area contributed by atoms with Crippen molar-refractivity contribution in [2.24, 2.45) is 0 Å². The number of aromatic nitrogens is 2. The van der Waals surface area contributed by atoms with Gasteiger partial charge in [0.25, 0.3) is 5.56 Å². The predicted molar refractivity (Wildman–Crippen MR) is 86.9 cm³/mol. The molecular weight excluding hydrogens is 286 g/mol. The van der Waals surface area contributed by atoms with E-state index in [-0.39, 0.29) is 16.6 Å². The molecule has 5 heteroatoms. The molecule has 0 radical (unpaired) electrons. The molecule has 4 nitrogen and oxygen atoms in total. The topological polar surface area (TPSA) is 46.9 Å². The van der Waals surface area contributed by atoms with E-state index in [1.165, 1.54) is 10.2 Å². The minimum atomic E-state index is -0.322. The Bertz CT molecular complexity index is 692. The summed E-state index contributed by atoms with van der Waals surface area (Å²) >= 11 is 6.12. The standard InChI is InChI=1S/C16H18ClN3O/c1-4-9-20-16(21)15(17)14(10-18-20)19-12(3)13-7-5-11(2)6-8-13/h4-8,10,12,19H,1,9H2,2-3H3. The smallest absolute Gasteiger partial charge is 0.287 e. The van der Waals surface area contributed by atoms with Crippen molar-refractivity contribution in [2.45, 2.75) is 26.4 Å². The minimum Gasteiger partial charge on any atom is -0.376 e. The first-order chi connectivity index (χ1) is 10.0. The summed E-state index contributed by atoms with van der Waals surface area (Å²) in [6, 6.07) is 8.23. The Balaban J connectivity index is 2.23. The number of nitrogens with one attached hydrogen (secondary N) is 1. The van der Waals surface area contributed by atoms with E-state index in [9.17, 15) is 4.79 Å². The summed E-state index contributed by atoms with van der Waals surface area (Å²) in [6.45, 7) is 7.98. The van der Waals surface area contributed by atoms with Crippen LogP contribution in [0.15, 0.2) is 47.9 Å². The highest BCUT2D eigenvalue weighted by atomic mass is 35.5. The van der Waals surface area contributed by atoms with E-state index in [0.29, 0.717) is 12.2 Å². The fourth-order valence-corrected chi connectivity index (χ4v) is 2.19. The number of hydrogen-bond donors (Lipinski definition) is 1. The number of hydrogen-bond acceptors (Lipinski definition) is 3. The van der Waals surface area contributed by atoms with Crippen molar-refractivity contribution < 1.29 is 0 Å². The van der Waals surface area contributed by atoms with E-state index >= 15 is 0 Å². The van der Waals surface area contributed by atoms with Crippen LogP contribution in [0.25, 0.3) is 0 Å². The Labute approximate surface area is 129 Å². The van der Waals surface area contributed by atoms with Gasteiger partial charge in [0.05, 0.1) is 18.4 Å². The van der Waals surface area contributed by atoms with E-state index < -0.39 is 0 Å². The van der Waals surface area contributed by atoms with Crippen molar-refractivity contribution >= 4 is 17.3 Å². The maximum Gasteiger partial charge on any atom is 0.287 e. The third-order valence-electron chi connectivity index (χ3n) is 3.24. The number of anilines is 1. The van der Waals surface area contributed by atoms with Gasteiger partial charge in [0.1, 0.15) is 5.02 Å². The molecule has 1 N–H and O–H groups in total. The fraction of sp³-hybridized carbons (Fsp3) is 0.250. The Morgan fingerprint density at radius 2 is 2.10 bits per heavy atom. The van der Waals surface area contributed by atoms with E-state index in [2.05, 4.69) is 29.1 Å². The van der Waals surface area contributed by atoms with Gasteiger partial charge in [0, 0.05) is 6.04 Å². The first-order valence-corrected chi connectivity index (χ1v) is 7.10. The summed E-state index contributed by atoms with van der Waals surface area (Å²) in [4.78, 5) is 12.0. The van der Waals surface area contributed by atoms with Gasteiger partial charge in [0.15, 0.2) is 0 Å². The third kappa shape index (κ3) is 3.52. The highest BCUT2D eigenvalue weighted by Gasteiger charge is 2.12. The van der Waals surface area contributed by atoms with E-state index in [4.69, 9.17) is 11.6 Å². The molecule has 2 aromatic rings. The van der Waals surface area contributed by atoms with Crippen LogP contribution in [-0.2, 0) is 6.54 Å². The number of nitrogens with zero attached hydrogens (tertiary/aromatic N) is 2. The summed E-state index contributed by atoms with van der Waals surface area (Å²) in [6.07, 6.45) is 3.17. The normalized spacial score (nSPS) is 12.0. The fourth-order valence-electron chi connectivity index (χ4n) is 1.99. The molecule has 1 aromatic carbocycles. The summed E-state index contributed by atoms with van der Waals surface area (Å²) in [5, 5.41) is 7.44. The van der Waals surface area contributed by atoms with Gasteiger partial charge in [-0.1, -0.05) is 47.5 Å². The van der Waals surface area contributed by atoms with Crippen molar-refractivity contribution in [1.82, 2.24) is 9.78 Å². The second-order valence-electron chi connectivity index (χ2n) is 4.92. The molecule has 0 aliphatic carbocycles. The summed E-state index contributed by atoms with van der Waals surface area (Å²) in [5.74, 6) is 0. The first-order valence-electron chi connectivity index (χ1n) is 6.72. The summed E-state index contributed by atoms with van der Waals surface area (Å²) in [7, 11) is 0. The number of rotatable bonds is 5. The zero-order valence-corrected chi connectivity index (χ0v) is 12.9. The summed E-state index contributed by atoms with van der Waals surface area (Å²) in [5.41, 5.74) is 2.54. The average Bonchev–Trinajstić information content (AvgIpc) is 2.47. The van der Waals surface area contributed by atoms with Crippen LogP contribution in [0.5, 0.6) is 0 Å². The third-order valence-corrected chi connectivity index (χ3v) is 3.60. The second kappa shape index (κ2) is 6.59. The van der Waals surface area contributed by atoms with Gasteiger partial charge < -0.3 is 5.32 Å². The molecule has 21 heavy (non-hydrogen) atoms. The number of benzene rings is 1. The molecule has 1 aromatic heterocycles. The Morgan fingerprint density at radius 3 is 2.71 bits per heavy atom. The Hall–Kier alpha value is -2.07. The van der Waals surface area contributed by atoms with Crippen LogP contribution < -0.4 is 10.9 Å². The number of aryl methyl sites for hydroxylation is 1. The molecule has 0 saturated heterocycles. The number of halogens is 1. The highest BCUT2D eigenvalue weighted by Crippen LogP contribution is 2.23. The second-order valence-corrected chi connectivity index (χ2v) is 5.30. The van der Waals surface area contributed by atoms with E-state index in [1.54, 1.807) is 12.3 Å². The molecule has 1 heterocycles. The van der Waals surface area contributed by atoms with Crippen molar-refractivity contribution in [3.63, 3.8) is 0 Å². The molecule has 0 amide bonds. The number of allylic oxidation sites excluding steroid dienone is 1. The SMILES string of the molecule is C=CCn1ncc(NC(C)c2ccc(C)cc2)c(Cl)c1=O. The molecule has 0 bridgehead atoms. The van der Waals surface area contributed by atoms with Gasteiger partial charge in [-0.2, -0.15) is 5.10 Å². The molecule has 0 spiro atoms. The molecule has 0 aliphatic heterocycles. The average molecular weight is 304 g/mol. The molecule has 2 rings (SSSR count). The van der Waals surface area contributed by atoms with Crippen LogP contribution in [0.1, 0.15) is 24.1 Å². The van der Waals surface area contributed by atoms with Crippen molar-refractivity contribution in [2.75, 3.05) is 5.32 Å². The zero-order valence-electron chi connectivity index (χ0n) is 12.1. The van der Waals surface area contributed by atoms with Crippen LogP contribution in [0, 0.1) is 6.92 Å². The molecule has 0 fully saturated rings. The zero-order chi connectivity index (χ0) is 15.4.